The number of ether oxygens (including phenoxy) is 1. The molecule has 0 bridgehead atoms. The highest BCUT2D eigenvalue weighted by Crippen LogP contribution is 2.16. The van der Waals surface area contributed by atoms with Crippen molar-refractivity contribution < 1.29 is 9.53 Å². The van der Waals surface area contributed by atoms with E-state index in [1.165, 1.54) is 13.2 Å². The number of methoxy groups -OCH3 is 1. The van der Waals surface area contributed by atoms with Crippen LogP contribution in [0.25, 0.3) is 0 Å². The second kappa shape index (κ2) is 7.87. The first-order valence-electron chi connectivity index (χ1n) is 6.04. The van der Waals surface area contributed by atoms with Gasteiger partial charge in [0.25, 0.3) is 0 Å². The maximum absolute atomic E-state index is 11.6. The Morgan fingerprint density at radius 3 is 2.83 bits per heavy atom. The van der Waals surface area contributed by atoms with E-state index in [0.717, 1.165) is 25.7 Å². The molecule has 0 saturated heterocycles. The highest BCUT2D eigenvalue weighted by molar-refractivity contribution is 6.29. The van der Waals surface area contributed by atoms with Crippen molar-refractivity contribution in [1.29, 1.82) is 0 Å². The minimum absolute atomic E-state index is 0.101. The predicted octanol–water partition coefficient (Wildman–Crippen LogP) is 3.05. The van der Waals surface area contributed by atoms with Crippen molar-refractivity contribution in [2.45, 2.75) is 39.0 Å². The number of carbonyl (C=O) groups is 1. The predicted molar refractivity (Wildman–Crippen MR) is 71.0 cm³/mol. The summed E-state index contributed by atoms with van der Waals surface area (Å²) in [5.74, 6) is 0.409. The molecule has 0 unspecified atom stereocenters. The molecule has 0 aliphatic carbocycles. The van der Waals surface area contributed by atoms with E-state index in [9.17, 15) is 4.79 Å². The Balaban J connectivity index is 2.46. The molecule has 0 aromatic carbocycles. The first kappa shape index (κ1) is 14.7. The maximum atomic E-state index is 11.6. The first-order chi connectivity index (χ1) is 8.65. The third-order valence-corrected chi connectivity index (χ3v) is 2.58. The molecule has 1 aromatic rings. The molecule has 6 heteroatoms. The Morgan fingerprint density at radius 1 is 1.39 bits per heavy atom. The zero-order valence-corrected chi connectivity index (χ0v) is 11.5. The number of anilines is 1. The van der Waals surface area contributed by atoms with Gasteiger partial charge >= 0.3 is 0 Å². The molecule has 0 aliphatic rings. The molecule has 1 amide bonds. The summed E-state index contributed by atoms with van der Waals surface area (Å²) in [4.78, 5) is 19.5. The number of unbranched alkanes of at least 4 members (excludes halogenated alkanes) is 3. The lowest BCUT2D eigenvalue weighted by molar-refractivity contribution is -0.116. The van der Waals surface area contributed by atoms with Crippen LogP contribution in [0.5, 0.6) is 5.88 Å². The van der Waals surface area contributed by atoms with Crippen LogP contribution in [0.4, 0.5) is 5.95 Å². The quantitative estimate of drug-likeness (QED) is 0.611. The lowest BCUT2D eigenvalue weighted by atomic mass is 10.1. The maximum Gasteiger partial charge on any atom is 0.234 e. The number of carbonyl (C=O) groups excluding carboxylic acids is 1. The third kappa shape index (κ3) is 5.31. The van der Waals surface area contributed by atoms with Crippen LogP contribution in [-0.2, 0) is 4.79 Å². The summed E-state index contributed by atoms with van der Waals surface area (Å²) >= 11 is 5.78. The molecular weight excluding hydrogens is 254 g/mol. The van der Waals surface area contributed by atoms with Gasteiger partial charge < -0.3 is 4.74 Å². The molecule has 18 heavy (non-hydrogen) atoms. The Bertz CT molecular complexity index is 399. The standard InChI is InChI=1S/C12H18ClN3O2/c1-3-4-5-6-7-10(17)15-12-14-9(13)8-11(16-12)18-2/h8H,3-7H2,1-2H3,(H,14,15,16,17). The van der Waals surface area contributed by atoms with E-state index < -0.39 is 0 Å². The number of halogens is 1. The molecule has 0 fully saturated rings. The topological polar surface area (TPSA) is 64.1 Å². The molecule has 1 aromatic heterocycles. The number of nitrogens with one attached hydrogen (secondary N) is 1. The molecule has 0 saturated carbocycles. The summed E-state index contributed by atoms with van der Waals surface area (Å²) in [7, 11) is 1.48. The molecular formula is C12H18ClN3O2. The largest absolute Gasteiger partial charge is 0.481 e. The molecule has 0 radical (unpaired) electrons. The summed E-state index contributed by atoms with van der Waals surface area (Å²) in [6, 6.07) is 1.48. The Kier molecular flexibility index (Phi) is 6.43. The number of amides is 1. The molecule has 1 rings (SSSR count). The number of hydrogen-bond donors (Lipinski definition) is 1. The highest BCUT2D eigenvalue weighted by atomic mass is 35.5. The van der Waals surface area contributed by atoms with Gasteiger partial charge in [0.15, 0.2) is 0 Å². The fourth-order valence-electron chi connectivity index (χ4n) is 1.46. The van der Waals surface area contributed by atoms with Crippen molar-refractivity contribution in [3.8, 4) is 5.88 Å². The fraction of sp³-hybridized carbons (Fsp3) is 0.583. The average Bonchev–Trinajstić information content (AvgIpc) is 2.34. The normalized spacial score (nSPS) is 10.2. The smallest absolute Gasteiger partial charge is 0.234 e. The molecule has 1 heterocycles. The van der Waals surface area contributed by atoms with E-state index in [0.29, 0.717) is 12.3 Å². The van der Waals surface area contributed by atoms with Crippen LogP contribution < -0.4 is 10.1 Å². The average molecular weight is 272 g/mol. The van der Waals surface area contributed by atoms with Crippen molar-refractivity contribution in [2.75, 3.05) is 12.4 Å². The molecule has 0 spiro atoms. The van der Waals surface area contributed by atoms with E-state index in [1.54, 1.807) is 0 Å². The summed E-state index contributed by atoms with van der Waals surface area (Å²) in [5.41, 5.74) is 0. The van der Waals surface area contributed by atoms with Gasteiger partial charge in [0.2, 0.25) is 17.7 Å². The van der Waals surface area contributed by atoms with E-state index >= 15 is 0 Å². The van der Waals surface area contributed by atoms with Gasteiger partial charge in [0.1, 0.15) is 5.15 Å². The fourth-order valence-corrected chi connectivity index (χ4v) is 1.63. The van der Waals surface area contributed by atoms with Crippen LogP contribution in [-0.4, -0.2) is 23.0 Å². The monoisotopic (exact) mass is 271 g/mol. The van der Waals surface area contributed by atoms with Gasteiger partial charge in [-0.2, -0.15) is 4.98 Å². The Labute approximate surface area is 112 Å². The van der Waals surface area contributed by atoms with Gasteiger partial charge in [-0.25, -0.2) is 4.98 Å². The lowest BCUT2D eigenvalue weighted by Gasteiger charge is -2.05. The van der Waals surface area contributed by atoms with Gasteiger partial charge in [-0.05, 0) is 6.42 Å². The summed E-state index contributed by atoms with van der Waals surface area (Å²) in [5, 5.41) is 2.85. The van der Waals surface area contributed by atoms with Gasteiger partial charge in [-0.15, -0.1) is 0 Å². The van der Waals surface area contributed by atoms with Gasteiger partial charge in [0, 0.05) is 12.5 Å². The second-order valence-corrected chi connectivity index (χ2v) is 4.30. The van der Waals surface area contributed by atoms with E-state index in [1.807, 2.05) is 0 Å². The number of nitrogens with zero attached hydrogens (tertiary/aromatic N) is 2. The van der Waals surface area contributed by atoms with Gasteiger partial charge in [0.05, 0.1) is 7.11 Å². The van der Waals surface area contributed by atoms with Crippen molar-refractivity contribution in [2.24, 2.45) is 0 Å². The van der Waals surface area contributed by atoms with Crippen LogP contribution in [0.3, 0.4) is 0 Å². The summed E-state index contributed by atoms with van der Waals surface area (Å²) < 4.78 is 4.94. The zero-order chi connectivity index (χ0) is 13.4. The molecule has 0 aliphatic heterocycles. The molecule has 0 atom stereocenters. The van der Waals surface area contributed by atoms with E-state index in [4.69, 9.17) is 16.3 Å². The van der Waals surface area contributed by atoms with Crippen LogP contribution in [0.1, 0.15) is 39.0 Å². The lowest BCUT2D eigenvalue weighted by Crippen LogP contribution is -2.13. The van der Waals surface area contributed by atoms with Crippen molar-refractivity contribution in [3.05, 3.63) is 11.2 Å². The van der Waals surface area contributed by atoms with E-state index in [-0.39, 0.29) is 17.0 Å². The Morgan fingerprint density at radius 2 is 2.17 bits per heavy atom. The molecule has 5 nitrogen and oxygen atoms in total. The van der Waals surface area contributed by atoms with Crippen molar-refractivity contribution in [3.63, 3.8) is 0 Å². The van der Waals surface area contributed by atoms with Gasteiger partial charge in [-0.3, -0.25) is 10.1 Å². The van der Waals surface area contributed by atoms with Crippen LogP contribution in [0, 0.1) is 0 Å². The number of hydrogen-bond acceptors (Lipinski definition) is 4. The van der Waals surface area contributed by atoms with Crippen molar-refractivity contribution in [1.82, 2.24) is 9.97 Å². The zero-order valence-electron chi connectivity index (χ0n) is 10.7. The van der Waals surface area contributed by atoms with Crippen LogP contribution >= 0.6 is 11.6 Å². The summed E-state index contributed by atoms with van der Waals surface area (Å²) in [6.45, 7) is 2.13. The SMILES string of the molecule is CCCCCCC(=O)Nc1nc(Cl)cc(OC)n1. The minimum atomic E-state index is -0.101. The van der Waals surface area contributed by atoms with Crippen LogP contribution in [0.15, 0.2) is 6.07 Å². The van der Waals surface area contributed by atoms with Crippen molar-refractivity contribution >= 4 is 23.5 Å². The molecule has 100 valence electrons. The van der Waals surface area contributed by atoms with Crippen LogP contribution in [0.2, 0.25) is 5.15 Å². The number of rotatable bonds is 7. The third-order valence-electron chi connectivity index (χ3n) is 2.39. The number of aromatic nitrogens is 2. The first-order valence-corrected chi connectivity index (χ1v) is 6.42. The highest BCUT2D eigenvalue weighted by Gasteiger charge is 2.07. The van der Waals surface area contributed by atoms with Gasteiger partial charge in [-0.1, -0.05) is 37.8 Å². The minimum Gasteiger partial charge on any atom is -0.481 e. The van der Waals surface area contributed by atoms with E-state index in [2.05, 4.69) is 22.2 Å². The second-order valence-electron chi connectivity index (χ2n) is 3.92. The Hall–Kier alpha value is -1.36. The summed E-state index contributed by atoms with van der Waals surface area (Å²) in [6.07, 6.45) is 4.70. The molecule has 1 N–H and O–H groups in total.